The third-order valence-electron chi connectivity index (χ3n) is 9.69. The molecule has 3 aromatic rings. The Balaban J connectivity index is 1.05. The molecule has 6 rings (SSSR count). The molecule has 7 nitrogen and oxygen atoms in total. The Bertz CT molecular complexity index is 1120. The number of nitrogens with one attached hydrogen (secondary N) is 2. The van der Waals surface area contributed by atoms with Crippen LogP contribution in [0.1, 0.15) is 85.4 Å². The van der Waals surface area contributed by atoms with E-state index in [2.05, 4.69) is 41.9 Å². The van der Waals surface area contributed by atoms with Gasteiger partial charge in [0.15, 0.2) is 5.78 Å². The number of benzene rings is 1. The Morgan fingerprint density at radius 1 is 0.872 bits per heavy atom. The molecule has 39 heavy (non-hydrogen) atoms. The number of carbonyl (C=O) groups is 1. The molecule has 1 aliphatic carbocycles. The van der Waals surface area contributed by atoms with E-state index in [-0.39, 0.29) is 11.7 Å². The maximum absolute atomic E-state index is 13.5. The molecule has 2 saturated heterocycles. The first-order valence-electron chi connectivity index (χ1n) is 15.2. The number of hydrogen-bond donors (Lipinski definition) is 2. The van der Waals surface area contributed by atoms with E-state index in [0.29, 0.717) is 18.3 Å². The van der Waals surface area contributed by atoms with Crippen molar-refractivity contribution in [1.82, 2.24) is 29.7 Å². The van der Waals surface area contributed by atoms with E-state index in [1.807, 2.05) is 24.5 Å². The highest BCUT2D eigenvalue weighted by molar-refractivity contribution is 5.98. The van der Waals surface area contributed by atoms with E-state index in [0.717, 1.165) is 29.8 Å². The average molecular weight is 529 g/mol. The minimum atomic E-state index is -0.213. The first-order chi connectivity index (χ1) is 19.2. The molecule has 4 heterocycles. The number of carbonyl (C=O) groups excluding carboxylic acids is 1. The summed E-state index contributed by atoms with van der Waals surface area (Å²) in [6.07, 6.45) is 20.8. The van der Waals surface area contributed by atoms with Crippen LogP contribution in [0.15, 0.2) is 49.1 Å². The fourth-order valence-corrected chi connectivity index (χ4v) is 7.47. The Hall–Kier alpha value is -2.77. The van der Waals surface area contributed by atoms with Gasteiger partial charge in [0.2, 0.25) is 0 Å². The molecule has 2 aromatic heterocycles. The lowest BCUT2D eigenvalue weighted by Gasteiger charge is -2.49. The SMILES string of the molecule is O=C(c1ccc(CN2CCCC3(CCN(C4CCCCC4)CC3)C2)cc1)C(Cc1ncc[nH]1)Cc1ncc[nH]1. The minimum absolute atomic E-state index is 0.149. The van der Waals surface area contributed by atoms with Gasteiger partial charge in [0.05, 0.1) is 0 Å². The number of rotatable bonds is 9. The zero-order valence-corrected chi connectivity index (χ0v) is 23.3. The van der Waals surface area contributed by atoms with Crippen LogP contribution in [0, 0.1) is 11.3 Å². The summed E-state index contributed by atoms with van der Waals surface area (Å²) in [6.45, 7) is 5.98. The van der Waals surface area contributed by atoms with Crippen molar-refractivity contribution < 1.29 is 4.79 Å². The standard InChI is InChI=1S/C32H44N6O/c39-31(27(21-29-33-14-15-34-29)22-30-35-16-17-36-30)26-9-7-25(8-10-26)23-37-18-4-11-32(24-37)12-19-38(20-13-32)28-5-2-1-3-6-28/h7-10,14-17,27-28H,1-6,11-13,18-24H2,(H,33,34)(H,35,36). The lowest BCUT2D eigenvalue weighted by atomic mass is 9.72. The maximum Gasteiger partial charge on any atom is 0.166 e. The van der Waals surface area contributed by atoms with Gasteiger partial charge in [-0.2, -0.15) is 0 Å². The molecule has 0 unspecified atom stereocenters. The first-order valence-corrected chi connectivity index (χ1v) is 15.2. The largest absolute Gasteiger partial charge is 0.349 e. The van der Waals surface area contributed by atoms with E-state index in [4.69, 9.17) is 0 Å². The second-order valence-electron chi connectivity index (χ2n) is 12.4. The average Bonchev–Trinajstić information content (AvgIpc) is 3.69. The monoisotopic (exact) mass is 528 g/mol. The molecular weight excluding hydrogens is 484 g/mol. The third-order valence-corrected chi connectivity index (χ3v) is 9.69. The van der Waals surface area contributed by atoms with Crippen molar-refractivity contribution in [2.24, 2.45) is 11.3 Å². The number of piperidine rings is 2. The molecule has 3 fully saturated rings. The highest BCUT2D eigenvalue weighted by atomic mass is 16.1. The highest BCUT2D eigenvalue weighted by Crippen LogP contribution is 2.41. The molecular formula is C32H44N6O. The van der Waals surface area contributed by atoms with Gasteiger partial charge in [-0.1, -0.05) is 43.5 Å². The second kappa shape index (κ2) is 12.2. The summed E-state index contributed by atoms with van der Waals surface area (Å²) in [5, 5.41) is 0. The smallest absolute Gasteiger partial charge is 0.166 e. The molecule has 2 aliphatic heterocycles. The fourth-order valence-electron chi connectivity index (χ4n) is 7.47. The van der Waals surface area contributed by atoms with E-state index in [9.17, 15) is 4.79 Å². The van der Waals surface area contributed by atoms with Gasteiger partial charge in [-0.15, -0.1) is 0 Å². The fraction of sp³-hybridized carbons (Fsp3) is 0.594. The topological polar surface area (TPSA) is 80.9 Å². The number of Topliss-reactive ketones (excluding diaryl/α,β-unsaturated/α-hetero) is 1. The van der Waals surface area contributed by atoms with Gasteiger partial charge in [0.1, 0.15) is 11.6 Å². The Labute approximate surface area is 232 Å². The molecule has 0 radical (unpaired) electrons. The molecule has 2 N–H and O–H groups in total. The van der Waals surface area contributed by atoms with Gasteiger partial charge in [-0.3, -0.25) is 9.69 Å². The van der Waals surface area contributed by atoms with Crippen molar-refractivity contribution in [1.29, 1.82) is 0 Å². The Morgan fingerprint density at radius 2 is 1.54 bits per heavy atom. The van der Waals surface area contributed by atoms with Gasteiger partial charge in [-0.25, -0.2) is 9.97 Å². The van der Waals surface area contributed by atoms with E-state index in [1.54, 1.807) is 12.4 Å². The van der Waals surface area contributed by atoms with Crippen LogP contribution in [-0.2, 0) is 19.4 Å². The number of hydrogen-bond acceptors (Lipinski definition) is 5. The van der Waals surface area contributed by atoms with Crippen LogP contribution in [0.5, 0.6) is 0 Å². The molecule has 1 spiro atoms. The van der Waals surface area contributed by atoms with Crippen LogP contribution in [-0.4, -0.2) is 67.7 Å². The normalized spacial score (nSPS) is 21.1. The summed E-state index contributed by atoms with van der Waals surface area (Å²) in [7, 11) is 0. The summed E-state index contributed by atoms with van der Waals surface area (Å²) in [5.41, 5.74) is 2.58. The van der Waals surface area contributed by atoms with Crippen LogP contribution in [0.3, 0.4) is 0 Å². The molecule has 1 saturated carbocycles. The molecule has 3 aliphatic rings. The zero-order valence-electron chi connectivity index (χ0n) is 23.3. The maximum atomic E-state index is 13.5. The third kappa shape index (κ3) is 6.52. The van der Waals surface area contributed by atoms with Crippen molar-refractivity contribution in [3.05, 3.63) is 71.8 Å². The molecule has 0 bridgehead atoms. The van der Waals surface area contributed by atoms with Crippen molar-refractivity contribution >= 4 is 5.78 Å². The van der Waals surface area contributed by atoms with Gasteiger partial charge >= 0.3 is 0 Å². The number of ketones is 1. The Morgan fingerprint density at radius 3 is 2.15 bits per heavy atom. The van der Waals surface area contributed by atoms with Crippen LogP contribution in [0.25, 0.3) is 0 Å². The number of aromatic amines is 2. The molecule has 208 valence electrons. The molecule has 0 atom stereocenters. The summed E-state index contributed by atoms with van der Waals surface area (Å²) in [6, 6.07) is 9.23. The van der Waals surface area contributed by atoms with Crippen molar-refractivity contribution in [3.63, 3.8) is 0 Å². The first kappa shape index (κ1) is 26.5. The van der Waals surface area contributed by atoms with Gasteiger partial charge in [-0.05, 0) is 69.1 Å². The Kier molecular flexibility index (Phi) is 8.26. The number of H-pyrrole nitrogens is 2. The predicted octanol–water partition coefficient (Wildman–Crippen LogP) is 5.43. The van der Waals surface area contributed by atoms with Crippen LogP contribution >= 0.6 is 0 Å². The predicted molar refractivity (Wildman–Crippen MR) is 153 cm³/mol. The van der Waals surface area contributed by atoms with E-state index in [1.165, 1.54) is 89.5 Å². The molecule has 7 heteroatoms. The van der Waals surface area contributed by atoms with E-state index < -0.39 is 0 Å². The number of aromatic nitrogens is 4. The van der Waals surface area contributed by atoms with Crippen molar-refractivity contribution in [2.75, 3.05) is 26.2 Å². The van der Waals surface area contributed by atoms with Gasteiger partial charge in [0, 0.05) is 68.2 Å². The zero-order chi connectivity index (χ0) is 26.5. The van der Waals surface area contributed by atoms with Gasteiger partial charge in [0.25, 0.3) is 0 Å². The van der Waals surface area contributed by atoms with Crippen molar-refractivity contribution in [2.45, 2.75) is 83.2 Å². The number of imidazole rings is 2. The molecule has 1 aromatic carbocycles. The van der Waals surface area contributed by atoms with Gasteiger partial charge < -0.3 is 14.9 Å². The van der Waals surface area contributed by atoms with Crippen LogP contribution in [0.2, 0.25) is 0 Å². The number of likely N-dealkylation sites (tertiary alicyclic amines) is 2. The van der Waals surface area contributed by atoms with Crippen LogP contribution < -0.4 is 0 Å². The van der Waals surface area contributed by atoms with E-state index >= 15 is 0 Å². The number of nitrogens with zero attached hydrogens (tertiary/aromatic N) is 4. The lowest BCUT2D eigenvalue weighted by Crippen LogP contribution is -2.51. The quantitative estimate of drug-likeness (QED) is 0.362. The minimum Gasteiger partial charge on any atom is -0.349 e. The molecule has 0 amide bonds. The lowest BCUT2D eigenvalue weighted by molar-refractivity contribution is 0.00256. The highest BCUT2D eigenvalue weighted by Gasteiger charge is 2.39. The van der Waals surface area contributed by atoms with Crippen molar-refractivity contribution in [3.8, 4) is 0 Å². The van der Waals surface area contributed by atoms with Crippen LogP contribution in [0.4, 0.5) is 0 Å². The summed E-state index contributed by atoms with van der Waals surface area (Å²) in [5.74, 6) is 1.60. The second-order valence-corrected chi connectivity index (χ2v) is 12.4. The summed E-state index contributed by atoms with van der Waals surface area (Å²) >= 11 is 0. The summed E-state index contributed by atoms with van der Waals surface area (Å²) < 4.78 is 0. The summed E-state index contributed by atoms with van der Waals surface area (Å²) in [4.78, 5) is 34.1.